The number of nitro groups is 1. The zero-order valence-electron chi connectivity index (χ0n) is 13.8. The largest absolute Gasteiger partial charge is 0.477 e. The number of aryl methyl sites for hydroxylation is 1. The molecule has 0 saturated heterocycles. The van der Waals surface area contributed by atoms with Crippen LogP contribution in [-0.4, -0.2) is 28.9 Å². The normalized spacial score (nSPS) is 10.2. The minimum Gasteiger partial charge on any atom is -0.477 e. The zero-order chi connectivity index (χ0) is 17.5. The Morgan fingerprint density at radius 1 is 1.21 bits per heavy atom. The Morgan fingerprint density at radius 2 is 1.92 bits per heavy atom. The fourth-order valence-electron chi connectivity index (χ4n) is 2.30. The molecule has 0 unspecified atom stereocenters. The minimum absolute atomic E-state index is 0.115. The smallest absolute Gasteiger partial charge is 0.310 e. The molecular weight excluding hydrogens is 308 g/mol. The molecule has 0 spiro atoms. The summed E-state index contributed by atoms with van der Waals surface area (Å²) in [7, 11) is 0. The van der Waals surface area contributed by atoms with Crippen molar-refractivity contribution in [1.29, 1.82) is 0 Å². The standard InChI is InChI=1S/C18H20N2O4/c1-3-19(12-15-7-5-4-6-8-15)18(21)13-24-17-11-14(2)9-10-16(17)20(22)23/h4-11H,3,12-13H2,1-2H3. The molecule has 2 rings (SSSR count). The average molecular weight is 328 g/mol. The molecule has 2 aromatic rings. The van der Waals surface area contributed by atoms with Crippen LogP contribution in [-0.2, 0) is 11.3 Å². The van der Waals surface area contributed by atoms with Crippen LogP contribution in [0, 0.1) is 17.0 Å². The van der Waals surface area contributed by atoms with E-state index in [2.05, 4.69) is 0 Å². The summed E-state index contributed by atoms with van der Waals surface area (Å²) in [6.45, 7) is 4.48. The van der Waals surface area contributed by atoms with Gasteiger partial charge in [0.2, 0.25) is 0 Å². The predicted octanol–water partition coefficient (Wildman–Crippen LogP) is 3.33. The third kappa shape index (κ3) is 4.55. The van der Waals surface area contributed by atoms with Crippen molar-refractivity contribution in [1.82, 2.24) is 4.90 Å². The highest BCUT2D eigenvalue weighted by Crippen LogP contribution is 2.27. The summed E-state index contributed by atoms with van der Waals surface area (Å²) in [5, 5.41) is 11.0. The van der Waals surface area contributed by atoms with Crippen LogP contribution in [0.4, 0.5) is 5.69 Å². The molecule has 2 aromatic carbocycles. The number of hydrogen-bond acceptors (Lipinski definition) is 4. The number of benzene rings is 2. The topological polar surface area (TPSA) is 72.7 Å². The minimum atomic E-state index is -0.513. The first kappa shape index (κ1) is 17.5. The fraction of sp³-hybridized carbons (Fsp3) is 0.278. The van der Waals surface area contributed by atoms with Crippen LogP contribution >= 0.6 is 0 Å². The lowest BCUT2D eigenvalue weighted by molar-refractivity contribution is -0.385. The number of carbonyl (C=O) groups is 1. The quantitative estimate of drug-likeness (QED) is 0.577. The first-order chi connectivity index (χ1) is 11.5. The van der Waals surface area contributed by atoms with E-state index in [4.69, 9.17) is 4.74 Å². The molecule has 0 N–H and O–H groups in total. The summed E-state index contributed by atoms with van der Waals surface area (Å²) in [6.07, 6.45) is 0. The van der Waals surface area contributed by atoms with E-state index >= 15 is 0 Å². The van der Waals surface area contributed by atoms with Gasteiger partial charge in [-0.2, -0.15) is 0 Å². The lowest BCUT2D eigenvalue weighted by atomic mass is 10.2. The maximum atomic E-state index is 12.3. The molecular formula is C18H20N2O4. The average Bonchev–Trinajstić information content (AvgIpc) is 2.58. The Morgan fingerprint density at radius 3 is 2.54 bits per heavy atom. The van der Waals surface area contributed by atoms with Crippen molar-refractivity contribution in [3.63, 3.8) is 0 Å². The van der Waals surface area contributed by atoms with Crippen LogP contribution in [0.3, 0.4) is 0 Å². The van der Waals surface area contributed by atoms with E-state index < -0.39 is 4.92 Å². The first-order valence-corrected chi connectivity index (χ1v) is 7.70. The molecule has 6 heteroatoms. The van der Waals surface area contributed by atoms with Crippen LogP contribution in [0.25, 0.3) is 0 Å². The van der Waals surface area contributed by atoms with Crippen molar-refractivity contribution in [2.24, 2.45) is 0 Å². The van der Waals surface area contributed by atoms with Crippen molar-refractivity contribution >= 4 is 11.6 Å². The second-order valence-electron chi connectivity index (χ2n) is 5.41. The zero-order valence-corrected chi connectivity index (χ0v) is 13.8. The molecule has 0 bridgehead atoms. The summed E-state index contributed by atoms with van der Waals surface area (Å²) in [5.74, 6) is -0.0960. The molecule has 0 aromatic heterocycles. The van der Waals surface area contributed by atoms with Gasteiger partial charge in [-0.15, -0.1) is 0 Å². The highest BCUT2D eigenvalue weighted by Gasteiger charge is 2.18. The molecule has 0 radical (unpaired) electrons. The van der Waals surface area contributed by atoms with Gasteiger partial charge in [0.25, 0.3) is 5.91 Å². The van der Waals surface area contributed by atoms with E-state index in [1.54, 1.807) is 17.0 Å². The third-order valence-electron chi connectivity index (χ3n) is 3.61. The maximum Gasteiger partial charge on any atom is 0.310 e. The molecule has 6 nitrogen and oxygen atoms in total. The number of carbonyl (C=O) groups excluding carboxylic acids is 1. The number of hydrogen-bond donors (Lipinski definition) is 0. The van der Waals surface area contributed by atoms with E-state index in [1.807, 2.05) is 44.2 Å². The summed E-state index contributed by atoms with van der Waals surface area (Å²) >= 11 is 0. The van der Waals surface area contributed by atoms with Gasteiger partial charge in [0.05, 0.1) is 4.92 Å². The van der Waals surface area contributed by atoms with Gasteiger partial charge in [-0.1, -0.05) is 36.4 Å². The molecule has 0 fully saturated rings. The van der Waals surface area contributed by atoms with Crippen molar-refractivity contribution in [2.75, 3.05) is 13.2 Å². The summed E-state index contributed by atoms with van der Waals surface area (Å²) in [4.78, 5) is 24.5. The van der Waals surface area contributed by atoms with E-state index in [0.717, 1.165) is 11.1 Å². The lowest BCUT2D eigenvalue weighted by Gasteiger charge is -2.21. The molecule has 0 heterocycles. The van der Waals surface area contributed by atoms with Gasteiger partial charge in [-0.05, 0) is 31.0 Å². The van der Waals surface area contributed by atoms with E-state index in [0.29, 0.717) is 13.1 Å². The summed E-state index contributed by atoms with van der Waals surface area (Å²) < 4.78 is 5.43. The molecule has 24 heavy (non-hydrogen) atoms. The number of nitrogens with zero attached hydrogens (tertiary/aromatic N) is 2. The highest BCUT2D eigenvalue weighted by atomic mass is 16.6. The van der Waals surface area contributed by atoms with Gasteiger partial charge in [0.15, 0.2) is 12.4 Å². The second kappa shape index (κ2) is 8.10. The maximum absolute atomic E-state index is 12.3. The van der Waals surface area contributed by atoms with Gasteiger partial charge < -0.3 is 9.64 Å². The van der Waals surface area contributed by atoms with Gasteiger partial charge in [0, 0.05) is 19.2 Å². The molecule has 0 aliphatic carbocycles. The van der Waals surface area contributed by atoms with Gasteiger partial charge in [0.1, 0.15) is 0 Å². The Balaban J connectivity index is 2.04. The number of amides is 1. The second-order valence-corrected chi connectivity index (χ2v) is 5.41. The fourth-order valence-corrected chi connectivity index (χ4v) is 2.30. The predicted molar refractivity (Wildman–Crippen MR) is 90.9 cm³/mol. The van der Waals surface area contributed by atoms with Crippen LogP contribution in [0.5, 0.6) is 5.75 Å². The van der Waals surface area contributed by atoms with Crippen LogP contribution < -0.4 is 4.74 Å². The monoisotopic (exact) mass is 328 g/mol. The Hall–Kier alpha value is -2.89. The van der Waals surface area contributed by atoms with Crippen LogP contribution in [0.2, 0.25) is 0 Å². The molecule has 0 atom stereocenters. The number of nitro benzene ring substituents is 1. The van der Waals surface area contributed by atoms with Gasteiger partial charge in [-0.25, -0.2) is 0 Å². The summed E-state index contributed by atoms with van der Waals surface area (Å²) in [6, 6.07) is 14.2. The lowest BCUT2D eigenvalue weighted by Crippen LogP contribution is -2.34. The number of likely N-dealkylation sites (N-methyl/N-ethyl adjacent to an activating group) is 1. The Bertz CT molecular complexity index is 716. The van der Waals surface area contributed by atoms with Gasteiger partial charge >= 0.3 is 5.69 Å². The molecule has 126 valence electrons. The van der Waals surface area contributed by atoms with E-state index in [-0.39, 0.29) is 24.0 Å². The first-order valence-electron chi connectivity index (χ1n) is 7.70. The van der Waals surface area contributed by atoms with Crippen molar-refractivity contribution in [3.05, 3.63) is 69.8 Å². The highest BCUT2D eigenvalue weighted by molar-refractivity contribution is 5.78. The van der Waals surface area contributed by atoms with Crippen molar-refractivity contribution < 1.29 is 14.5 Å². The van der Waals surface area contributed by atoms with Crippen LogP contribution in [0.1, 0.15) is 18.1 Å². The Kier molecular flexibility index (Phi) is 5.89. The Labute approximate surface area is 140 Å². The van der Waals surface area contributed by atoms with Crippen molar-refractivity contribution in [2.45, 2.75) is 20.4 Å². The van der Waals surface area contributed by atoms with Crippen LogP contribution in [0.15, 0.2) is 48.5 Å². The van der Waals surface area contributed by atoms with Crippen molar-refractivity contribution in [3.8, 4) is 5.75 Å². The third-order valence-corrected chi connectivity index (χ3v) is 3.61. The van der Waals surface area contributed by atoms with Gasteiger partial charge in [-0.3, -0.25) is 14.9 Å². The summed E-state index contributed by atoms with van der Waals surface area (Å²) in [5.41, 5.74) is 1.72. The molecule has 0 aliphatic rings. The molecule has 1 amide bonds. The SMILES string of the molecule is CCN(Cc1ccccc1)C(=O)COc1cc(C)ccc1[N+](=O)[O-]. The number of rotatable bonds is 7. The van der Waals surface area contributed by atoms with E-state index in [1.165, 1.54) is 6.07 Å². The number of ether oxygens (including phenoxy) is 1. The molecule has 0 aliphatic heterocycles. The van der Waals surface area contributed by atoms with E-state index in [9.17, 15) is 14.9 Å². The molecule has 0 saturated carbocycles.